The first-order chi connectivity index (χ1) is 7.81. The van der Waals surface area contributed by atoms with Crippen molar-refractivity contribution in [2.24, 2.45) is 0 Å². The standard InChI is InChI=1S/C12H14O4/c1-2-7-14-12(13)11-8-15-9-5-3-4-6-10(9)16-11/h3-6,11H,2,7-8H2,1H3. The molecule has 1 unspecified atom stereocenters. The van der Waals surface area contributed by atoms with Crippen LogP contribution in [0.5, 0.6) is 11.5 Å². The SMILES string of the molecule is CCCOC(=O)C1COc2ccccc2O1. The van der Waals surface area contributed by atoms with Gasteiger partial charge in [-0.3, -0.25) is 0 Å². The van der Waals surface area contributed by atoms with E-state index in [4.69, 9.17) is 14.2 Å². The molecule has 0 spiro atoms. The van der Waals surface area contributed by atoms with Gasteiger partial charge in [-0.05, 0) is 18.6 Å². The Bertz CT molecular complexity index is 375. The number of fused-ring (bicyclic) bond motifs is 1. The molecule has 16 heavy (non-hydrogen) atoms. The monoisotopic (exact) mass is 222 g/mol. The molecule has 2 rings (SSSR count). The van der Waals surface area contributed by atoms with Gasteiger partial charge in [-0.2, -0.15) is 0 Å². The van der Waals surface area contributed by atoms with Gasteiger partial charge in [0.15, 0.2) is 11.5 Å². The second-order valence-electron chi connectivity index (χ2n) is 3.53. The second kappa shape index (κ2) is 4.88. The fourth-order valence-electron chi connectivity index (χ4n) is 1.43. The Kier molecular flexibility index (Phi) is 3.29. The highest BCUT2D eigenvalue weighted by Gasteiger charge is 2.28. The van der Waals surface area contributed by atoms with Gasteiger partial charge >= 0.3 is 5.97 Å². The van der Waals surface area contributed by atoms with Crippen molar-refractivity contribution < 1.29 is 19.0 Å². The number of ether oxygens (including phenoxy) is 3. The maximum absolute atomic E-state index is 11.5. The smallest absolute Gasteiger partial charge is 0.350 e. The van der Waals surface area contributed by atoms with E-state index >= 15 is 0 Å². The molecule has 4 heteroatoms. The Hall–Kier alpha value is -1.71. The van der Waals surface area contributed by atoms with Crippen LogP contribution in [0.1, 0.15) is 13.3 Å². The number of hydrogen-bond donors (Lipinski definition) is 0. The van der Waals surface area contributed by atoms with Crippen LogP contribution in [0.25, 0.3) is 0 Å². The highest BCUT2D eigenvalue weighted by atomic mass is 16.6. The van der Waals surface area contributed by atoms with Crippen molar-refractivity contribution in [3.05, 3.63) is 24.3 Å². The maximum Gasteiger partial charge on any atom is 0.350 e. The molecule has 0 N–H and O–H groups in total. The summed E-state index contributed by atoms with van der Waals surface area (Å²) in [6, 6.07) is 7.28. The Morgan fingerprint density at radius 1 is 1.44 bits per heavy atom. The van der Waals surface area contributed by atoms with Crippen LogP contribution in [0.4, 0.5) is 0 Å². The van der Waals surface area contributed by atoms with Gasteiger partial charge in [-0.25, -0.2) is 4.79 Å². The third-order valence-corrected chi connectivity index (χ3v) is 2.22. The van der Waals surface area contributed by atoms with E-state index in [1.54, 1.807) is 6.07 Å². The molecule has 4 nitrogen and oxygen atoms in total. The number of carbonyl (C=O) groups excluding carboxylic acids is 1. The molecule has 1 aromatic rings. The van der Waals surface area contributed by atoms with Crippen molar-refractivity contribution in [3.8, 4) is 11.5 Å². The lowest BCUT2D eigenvalue weighted by Gasteiger charge is -2.24. The summed E-state index contributed by atoms with van der Waals surface area (Å²) in [5, 5.41) is 0. The quantitative estimate of drug-likeness (QED) is 0.731. The number of esters is 1. The van der Waals surface area contributed by atoms with E-state index in [0.717, 1.165) is 6.42 Å². The zero-order valence-corrected chi connectivity index (χ0v) is 9.14. The molecule has 0 amide bonds. The van der Waals surface area contributed by atoms with Crippen molar-refractivity contribution in [2.75, 3.05) is 13.2 Å². The average molecular weight is 222 g/mol. The zero-order chi connectivity index (χ0) is 11.4. The minimum absolute atomic E-state index is 0.208. The van der Waals surface area contributed by atoms with E-state index in [1.165, 1.54) is 0 Å². The van der Waals surface area contributed by atoms with Crippen LogP contribution >= 0.6 is 0 Å². The Morgan fingerprint density at radius 3 is 2.94 bits per heavy atom. The molecule has 0 radical (unpaired) electrons. The van der Waals surface area contributed by atoms with Crippen molar-refractivity contribution in [1.82, 2.24) is 0 Å². The average Bonchev–Trinajstić information content (AvgIpc) is 2.35. The maximum atomic E-state index is 11.5. The summed E-state index contributed by atoms with van der Waals surface area (Å²) in [7, 11) is 0. The van der Waals surface area contributed by atoms with Gasteiger partial charge in [0.1, 0.15) is 6.61 Å². The lowest BCUT2D eigenvalue weighted by Crippen LogP contribution is -2.37. The van der Waals surface area contributed by atoms with E-state index in [2.05, 4.69) is 0 Å². The minimum Gasteiger partial charge on any atom is -0.485 e. The molecule has 0 saturated heterocycles. The van der Waals surface area contributed by atoms with Crippen LogP contribution < -0.4 is 9.47 Å². The van der Waals surface area contributed by atoms with Gasteiger partial charge in [0.05, 0.1) is 6.61 Å². The van der Waals surface area contributed by atoms with Crippen LogP contribution in [-0.2, 0) is 9.53 Å². The van der Waals surface area contributed by atoms with Gasteiger partial charge in [0.2, 0.25) is 6.10 Å². The molecule has 1 atom stereocenters. The van der Waals surface area contributed by atoms with E-state index in [-0.39, 0.29) is 12.6 Å². The number of para-hydroxylation sites is 2. The predicted octanol–water partition coefficient (Wildman–Crippen LogP) is 1.78. The summed E-state index contributed by atoms with van der Waals surface area (Å²) < 4.78 is 15.9. The Morgan fingerprint density at radius 2 is 2.19 bits per heavy atom. The van der Waals surface area contributed by atoms with Crippen LogP contribution in [0.3, 0.4) is 0 Å². The van der Waals surface area contributed by atoms with Gasteiger partial charge in [0.25, 0.3) is 0 Å². The first-order valence-corrected chi connectivity index (χ1v) is 5.36. The summed E-state index contributed by atoms with van der Waals surface area (Å²) in [6.07, 6.45) is 0.150. The minimum atomic E-state index is -0.651. The lowest BCUT2D eigenvalue weighted by molar-refractivity contribution is -0.154. The fourth-order valence-corrected chi connectivity index (χ4v) is 1.43. The highest BCUT2D eigenvalue weighted by Crippen LogP contribution is 2.30. The molecule has 1 aromatic carbocycles. The van der Waals surface area contributed by atoms with Crippen molar-refractivity contribution >= 4 is 5.97 Å². The molecule has 0 fully saturated rings. The molecule has 86 valence electrons. The summed E-state index contributed by atoms with van der Waals surface area (Å²) >= 11 is 0. The van der Waals surface area contributed by atoms with E-state index in [9.17, 15) is 4.79 Å². The number of rotatable bonds is 3. The van der Waals surface area contributed by atoms with E-state index < -0.39 is 6.10 Å². The van der Waals surface area contributed by atoms with Crippen LogP contribution in [0, 0.1) is 0 Å². The van der Waals surface area contributed by atoms with Crippen molar-refractivity contribution in [1.29, 1.82) is 0 Å². The zero-order valence-electron chi connectivity index (χ0n) is 9.14. The van der Waals surface area contributed by atoms with Crippen LogP contribution in [0.15, 0.2) is 24.3 Å². The Balaban J connectivity index is 1.99. The van der Waals surface area contributed by atoms with Gasteiger partial charge < -0.3 is 14.2 Å². The topological polar surface area (TPSA) is 44.8 Å². The second-order valence-corrected chi connectivity index (χ2v) is 3.53. The van der Waals surface area contributed by atoms with E-state index in [1.807, 2.05) is 25.1 Å². The van der Waals surface area contributed by atoms with Crippen LogP contribution in [0.2, 0.25) is 0 Å². The predicted molar refractivity (Wildman–Crippen MR) is 57.6 cm³/mol. The summed E-state index contributed by atoms with van der Waals surface area (Å²) in [4.78, 5) is 11.5. The molecule has 0 bridgehead atoms. The van der Waals surface area contributed by atoms with Gasteiger partial charge in [0, 0.05) is 0 Å². The summed E-state index contributed by atoms with van der Waals surface area (Å²) in [5.41, 5.74) is 0. The summed E-state index contributed by atoms with van der Waals surface area (Å²) in [5.74, 6) is 0.894. The third kappa shape index (κ3) is 2.27. The van der Waals surface area contributed by atoms with E-state index in [0.29, 0.717) is 18.1 Å². The number of hydrogen-bond acceptors (Lipinski definition) is 4. The molecular formula is C12H14O4. The van der Waals surface area contributed by atoms with Crippen LogP contribution in [-0.4, -0.2) is 25.3 Å². The van der Waals surface area contributed by atoms with Crippen molar-refractivity contribution in [2.45, 2.75) is 19.4 Å². The first kappa shape index (κ1) is 10.8. The molecule has 1 aliphatic rings. The highest BCUT2D eigenvalue weighted by molar-refractivity contribution is 5.75. The molecule has 0 saturated carbocycles. The molecule has 0 aromatic heterocycles. The largest absolute Gasteiger partial charge is 0.485 e. The molecule has 0 aliphatic carbocycles. The summed E-state index contributed by atoms with van der Waals surface area (Å²) in [6.45, 7) is 2.57. The molecule has 1 aliphatic heterocycles. The third-order valence-electron chi connectivity index (χ3n) is 2.22. The normalized spacial score (nSPS) is 17.9. The van der Waals surface area contributed by atoms with Gasteiger partial charge in [-0.15, -0.1) is 0 Å². The molecule has 1 heterocycles. The number of benzene rings is 1. The first-order valence-electron chi connectivity index (χ1n) is 5.36. The van der Waals surface area contributed by atoms with Crippen molar-refractivity contribution in [3.63, 3.8) is 0 Å². The Labute approximate surface area is 94.1 Å². The fraction of sp³-hybridized carbons (Fsp3) is 0.417. The lowest BCUT2D eigenvalue weighted by atomic mass is 10.2. The molecular weight excluding hydrogens is 208 g/mol. The van der Waals surface area contributed by atoms with Gasteiger partial charge in [-0.1, -0.05) is 19.1 Å². The number of carbonyl (C=O) groups is 1.